The minimum Gasteiger partial charge on any atom is -0.256 e. The van der Waals surface area contributed by atoms with E-state index in [1.165, 1.54) is 68.1 Å². The fourth-order valence-electron chi connectivity index (χ4n) is 4.15. The lowest BCUT2D eigenvalue weighted by Crippen LogP contribution is -2.12. The number of hydrogen-bond donors (Lipinski definition) is 0. The van der Waals surface area contributed by atoms with Crippen molar-refractivity contribution in [3.8, 4) is 11.3 Å². The van der Waals surface area contributed by atoms with E-state index >= 15 is 0 Å². The summed E-state index contributed by atoms with van der Waals surface area (Å²) in [6.07, 6.45) is 14.0. The molecule has 0 bridgehead atoms. The summed E-state index contributed by atoms with van der Waals surface area (Å²) in [7, 11) is 0. The second-order valence-electron chi connectivity index (χ2n) is 7.76. The second-order valence-corrected chi connectivity index (χ2v) is 7.76. The molecule has 1 aromatic heterocycles. The van der Waals surface area contributed by atoms with Gasteiger partial charge < -0.3 is 0 Å². The van der Waals surface area contributed by atoms with Gasteiger partial charge in [-0.25, -0.2) is 0 Å². The van der Waals surface area contributed by atoms with Crippen LogP contribution in [-0.2, 0) is 6.42 Å². The van der Waals surface area contributed by atoms with Crippen LogP contribution >= 0.6 is 0 Å². The molecule has 0 amide bonds. The molecule has 0 spiro atoms. The highest BCUT2D eigenvalue weighted by molar-refractivity contribution is 5.59. The highest BCUT2D eigenvalue weighted by atomic mass is 14.7. The molecular formula is C24H33N. The Bertz CT molecular complexity index is 618. The summed E-state index contributed by atoms with van der Waals surface area (Å²) in [5.74, 6) is 1.74. The first-order chi connectivity index (χ1) is 12.3. The van der Waals surface area contributed by atoms with Gasteiger partial charge in [-0.05, 0) is 67.6 Å². The van der Waals surface area contributed by atoms with Gasteiger partial charge in [-0.2, -0.15) is 0 Å². The van der Waals surface area contributed by atoms with E-state index in [0.717, 1.165) is 24.0 Å². The van der Waals surface area contributed by atoms with Gasteiger partial charge in [0, 0.05) is 11.8 Å². The first-order valence-electron chi connectivity index (χ1n) is 10.4. The molecule has 1 saturated carbocycles. The normalized spacial score (nSPS) is 20.6. The zero-order chi connectivity index (χ0) is 17.5. The topological polar surface area (TPSA) is 12.9 Å². The number of hydrogen-bond acceptors (Lipinski definition) is 1. The van der Waals surface area contributed by atoms with Crippen LogP contribution in [0.2, 0.25) is 0 Å². The van der Waals surface area contributed by atoms with Crippen molar-refractivity contribution in [3.63, 3.8) is 0 Å². The quantitative estimate of drug-likeness (QED) is 0.489. The van der Waals surface area contributed by atoms with Gasteiger partial charge in [-0.15, -0.1) is 0 Å². The molecule has 1 fully saturated rings. The van der Waals surface area contributed by atoms with E-state index in [1.54, 1.807) is 0 Å². The zero-order valence-electron chi connectivity index (χ0n) is 16.0. The number of aryl methyl sites for hydroxylation is 1. The summed E-state index contributed by atoms with van der Waals surface area (Å²) in [6.45, 7) is 4.59. The Morgan fingerprint density at radius 1 is 0.880 bits per heavy atom. The molecule has 25 heavy (non-hydrogen) atoms. The van der Waals surface area contributed by atoms with Crippen LogP contribution in [0.5, 0.6) is 0 Å². The van der Waals surface area contributed by atoms with E-state index in [1.807, 2.05) is 0 Å². The summed E-state index contributed by atoms with van der Waals surface area (Å²) in [5, 5.41) is 0. The molecule has 1 heterocycles. The first kappa shape index (κ1) is 18.2. The third-order valence-electron chi connectivity index (χ3n) is 6.00. The van der Waals surface area contributed by atoms with Gasteiger partial charge in [-0.1, -0.05) is 63.4 Å². The number of rotatable bonds is 7. The van der Waals surface area contributed by atoms with Gasteiger partial charge in [0.2, 0.25) is 0 Å². The first-order valence-corrected chi connectivity index (χ1v) is 10.4. The van der Waals surface area contributed by atoms with Crippen molar-refractivity contribution in [2.24, 2.45) is 5.92 Å². The maximum atomic E-state index is 4.69. The monoisotopic (exact) mass is 335 g/mol. The summed E-state index contributed by atoms with van der Waals surface area (Å²) in [5.41, 5.74) is 5.22. The SMILES string of the molecule is CCCCCc1ccc(-c2ccc(C3CCC(CC)CC3)cc2)nc1. The predicted molar refractivity (Wildman–Crippen MR) is 108 cm³/mol. The molecule has 2 aromatic rings. The van der Waals surface area contributed by atoms with Crippen LogP contribution in [0.25, 0.3) is 11.3 Å². The number of aromatic nitrogens is 1. The van der Waals surface area contributed by atoms with Crippen molar-refractivity contribution in [1.29, 1.82) is 0 Å². The summed E-state index contributed by atoms with van der Waals surface area (Å²) in [4.78, 5) is 4.69. The standard InChI is InChI=1S/C24H33N/c1-3-5-6-7-20-10-17-24(25-18-20)23-15-13-22(14-16-23)21-11-8-19(4-2)9-12-21/h10,13-19,21H,3-9,11-12H2,1-2H3. The lowest BCUT2D eigenvalue weighted by Gasteiger charge is -2.28. The van der Waals surface area contributed by atoms with Crippen molar-refractivity contribution in [1.82, 2.24) is 4.98 Å². The largest absolute Gasteiger partial charge is 0.256 e. The van der Waals surface area contributed by atoms with Crippen LogP contribution in [0.1, 0.15) is 82.3 Å². The van der Waals surface area contributed by atoms with Crippen LogP contribution in [0.15, 0.2) is 42.6 Å². The summed E-state index contributed by atoms with van der Waals surface area (Å²) >= 11 is 0. The van der Waals surface area contributed by atoms with Crippen molar-refractivity contribution in [2.75, 3.05) is 0 Å². The number of nitrogens with zero attached hydrogens (tertiary/aromatic N) is 1. The lowest BCUT2D eigenvalue weighted by atomic mass is 9.78. The molecule has 1 aliphatic rings. The fraction of sp³-hybridized carbons (Fsp3) is 0.542. The van der Waals surface area contributed by atoms with Crippen molar-refractivity contribution in [3.05, 3.63) is 53.7 Å². The molecule has 1 aromatic carbocycles. The Kier molecular flexibility index (Phi) is 6.67. The van der Waals surface area contributed by atoms with Crippen LogP contribution in [0.4, 0.5) is 0 Å². The van der Waals surface area contributed by atoms with Crippen molar-refractivity contribution < 1.29 is 0 Å². The van der Waals surface area contributed by atoms with Crippen LogP contribution in [0, 0.1) is 5.92 Å². The Balaban J connectivity index is 1.60. The zero-order valence-corrected chi connectivity index (χ0v) is 16.0. The minimum atomic E-state index is 0.769. The fourth-order valence-corrected chi connectivity index (χ4v) is 4.15. The molecule has 0 aliphatic heterocycles. The molecule has 1 aliphatic carbocycles. The van der Waals surface area contributed by atoms with Crippen LogP contribution < -0.4 is 0 Å². The number of unbranched alkanes of at least 4 members (excludes halogenated alkanes) is 2. The molecule has 134 valence electrons. The molecule has 0 N–H and O–H groups in total. The summed E-state index contributed by atoms with van der Waals surface area (Å²) < 4.78 is 0. The van der Waals surface area contributed by atoms with Crippen molar-refractivity contribution >= 4 is 0 Å². The Hall–Kier alpha value is -1.63. The van der Waals surface area contributed by atoms with E-state index in [2.05, 4.69) is 56.4 Å². The Morgan fingerprint density at radius 2 is 1.64 bits per heavy atom. The van der Waals surface area contributed by atoms with Gasteiger partial charge in [0.05, 0.1) is 5.69 Å². The molecule has 1 nitrogen and oxygen atoms in total. The summed E-state index contributed by atoms with van der Waals surface area (Å²) in [6, 6.07) is 13.6. The maximum Gasteiger partial charge on any atom is 0.0702 e. The lowest BCUT2D eigenvalue weighted by molar-refractivity contribution is 0.319. The number of benzene rings is 1. The average molecular weight is 336 g/mol. The molecule has 1 heteroatoms. The van der Waals surface area contributed by atoms with E-state index in [9.17, 15) is 0 Å². The molecule has 0 unspecified atom stereocenters. The van der Waals surface area contributed by atoms with E-state index < -0.39 is 0 Å². The van der Waals surface area contributed by atoms with Crippen LogP contribution in [0.3, 0.4) is 0 Å². The van der Waals surface area contributed by atoms with Gasteiger partial charge >= 0.3 is 0 Å². The van der Waals surface area contributed by atoms with Crippen molar-refractivity contribution in [2.45, 2.75) is 77.6 Å². The number of pyridine rings is 1. The highest BCUT2D eigenvalue weighted by Gasteiger charge is 2.21. The predicted octanol–water partition coefficient (Wildman–Crippen LogP) is 7.17. The highest BCUT2D eigenvalue weighted by Crippen LogP contribution is 2.37. The van der Waals surface area contributed by atoms with Gasteiger partial charge in [-0.3, -0.25) is 4.98 Å². The van der Waals surface area contributed by atoms with E-state index in [0.29, 0.717) is 0 Å². The van der Waals surface area contributed by atoms with E-state index in [-0.39, 0.29) is 0 Å². The van der Waals surface area contributed by atoms with E-state index in [4.69, 9.17) is 4.98 Å². The third kappa shape index (κ3) is 4.93. The van der Waals surface area contributed by atoms with Gasteiger partial charge in [0.25, 0.3) is 0 Å². The second kappa shape index (κ2) is 9.17. The third-order valence-corrected chi connectivity index (χ3v) is 6.00. The smallest absolute Gasteiger partial charge is 0.0702 e. The average Bonchev–Trinajstić information content (AvgIpc) is 2.69. The molecule has 0 radical (unpaired) electrons. The van der Waals surface area contributed by atoms with Crippen LogP contribution in [-0.4, -0.2) is 4.98 Å². The molecule has 3 rings (SSSR count). The van der Waals surface area contributed by atoms with Gasteiger partial charge in [0.15, 0.2) is 0 Å². The molecule has 0 saturated heterocycles. The Morgan fingerprint density at radius 3 is 2.24 bits per heavy atom. The Labute approximate surface area is 153 Å². The van der Waals surface area contributed by atoms with Gasteiger partial charge in [0.1, 0.15) is 0 Å². The molecular weight excluding hydrogens is 302 g/mol. The molecule has 0 atom stereocenters. The minimum absolute atomic E-state index is 0.769. The maximum absolute atomic E-state index is 4.69.